The van der Waals surface area contributed by atoms with Gasteiger partial charge in [-0.1, -0.05) is 48.0 Å². The van der Waals surface area contributed by atoms with Crippen molar-refractivity contribution < 1.29 is 14.3 Å². The van der Waals surface area contributed by atoms with Gasteiger partial charge in [-0.15, -0.1) is 0 Å². The molecule has 0 bridgehead atoms. The first kappa shape index (κ1) is 20.4. The number of hydrogen-bond acceptors (Lipinski definition) is 3. The van der Waals surface area contributed by atoms with E-state index in [4.69, 9.17) is 16.3 Å². The van der Waals surface area contributed by atoms with E-state index in [1.165, 1.54) is 0 Å². The molecule has 0 spiro atoms. The number of rotatable bonds is 7. The molecule has 0 aliphatic carbocycles. The van der Waals surface area contributed by atoms with Crippen molar-refractivity contribution in [1.29, 1.82) is 0 Å². The average molecular weight is 409 g/mol. The van der Waals surface area contributed by atoms with Gasteiger partial charge in [-0.2, -0.15) is 0 Å². The highest BCUT2D eigenvalue weighted by Gasteiger charge is 2.11. The smallest absolute Gasteiger partial charge is 0.251 e. The minimum Gasteiger partial charge on any atom is -0.496 e. The van der Waals surface area contributed by atoms with Gasteiger partial charge in [0.05, 0.1) is 13.7 Å². The standard InChI is InChI=1S/C23H21ClN2O3/c1-29-21-11-10-20(14-18(21)12-16-6-3-2-4-7-16)26-22(27)15-25-23(28)17-8-5-9-19(24)13-17/h2-11,13-14H,12,15H2,1H3,(H,25,28)(H,26,27). The van der Waals surface area contributed by atoms with Crippen molar-refractivity contribution in [3.8, 4) is 5.75 Å². The SMILES string of the molecule is COc1ccc(NC(=O)CNC(=O)c2cccc(Cl)c2)cc1Cc1ccccc1. The van der Waals surface area contributed by atoms with Crippen molar-refractivity contribution in [1.82, 2.24) is 5.32 Å². The Hall–Kier alpha value is -3.31. The van der Waals surface area contributed by atoms with Crippen LogP contribution in [0.3, 0.4) is 0 Å². The summed E-state index contributed by atoms with van der Waals surface area (Å²) >= 11 is 5.89. The summed E-state index contributed by atoms with van der Waals surface area (Å²) in [5.74, 6) is 0.0689. The number of methoxy groups -OCH3 is 1. The van der Waals surface area contributed by atoms with Crippen LogP contribution in [0.4, 0.5) is 5.69 Å². The van der Waals surface area contributed by atoms with Crippen molar-refractivity contribution in [2.24, 2.45) is 0 Å². The predicted molar refractivity (Wildman–Crippen MR) is 115 cm³/mol. The minimum atomic E-state index is -0.359. The number of nitrogens with one attached hydrogen (secondary N) is 2. The quantitative estimate of drug-likeness (QED) is 0.612. The molecule has 0 fully saturated rings. The first-order chi connectivity index (χ1) is 14.0. The van der Waals surface area contributed by atoms with E-state index < -0.39 is 0 Å². The predicted octanol–water partition coefficient (Wildman–Crippen LogP) is 4.31. The summed E-state index contributed by atoms with van der Waals surface area (Å²) in [4.78, 5) is 24.4. The third-order valence-corrected chi connectivity index (χ3v) is 4.53. The van der Waals surface area contributed by atoms with Crippen LogP contribution in [0.25, 0.3) is 0 Å². The van der Waals surface area contributed by atoms with Crippen LogP contribution >= 0.6 is 11.6 Å². The van der Waals surface area contributed by atoms with Crippen molar-refractivity contribution in [2.75, 3.05) is 19.0 Å². The van der Waals surface area contributed by atoms with Gasteiger partial charge >= 0.3 is 0 Å². The van der Waals surface area contributed by atoms with E-state index in [0.717, 1.165) is 16.9 Å². The third-order valence-electron chi connectivity index (χ3n) is 4.30. The number of ether oxygens (including phenoxy) is 1. The second kappa shape index (κ2) is 9.75. The first-order valence-electron chi connectivity index (χ1n) is 9.09. The van der Waals surface area contributed by atoms with Gasteiger partial charge in [-0.3, -0.25) is 9.59 Å². The van der Waals surface area contributed by atoms with E-state index in [1.54, 1.807) is 37.4 Å². The zero-order chi connectivity index (χ0) is 20.6. The topological polar surface area (TPSA) is 67.4 Å². The molecule has 29 heavy (non-hydrogen) atoms. The highest BCUT2D eigenvalue weighted by molar-refractivity contribution is 6.31. The first-order valence-corrected chi connectivity index (χ1v) is 9.47. The van der Waals surface area contributed by atoms with Gasteiger partial charge in [-0.25, -0.2) is 0 Å². The zero-order valence-electron chi connectivity index (χ0n) is 15.9. The van der Waals surface area contributed by atoms with Crippen LogP contribution in [-0.4, -0.2) is 25.5 Å². The lowest BCUT2D eigenvalue weighted by Gasteiger charge is -2.12. The molecule has 3 rings (SSSR count). The van der Waals surface area contributed by atoms with Crippen LogP contribution in [0.2, 0.25) is 5.02 Å². The van der Waals surface area contributed by atoms with Crippen molar-refractivity contribution in [3.05, 3.63) is 94.5 Å². The molecular weight excluding hydrogens is 388 g/mol. The summed E-state index contributed by atoms with van der Waals surface area (Å²) < 4.78 is 5.43. The lowest BCUT2D eigenvalue weighted by atomic mass is 10.0. The molecule has 148 valence electrons. The average Bonchev–Trinajstić information content (AvgIpc) is 2.73. The molecule has 2 N–H and O–H groups in total. The maximum absolute atomic E-state index is 12.3. The summed E-state index contributed by atoms with van der Waals surface area (Å²) in [5.41, 5.74) is 3.14. The van der Waals surface area contributed by atoms with Gasteiger partial charge in [0.15, 0.2) is 0 Å². The normalized spacial score (nSPS) is 10.3. The zero-order valence-corrected chi connectivity index (χ0v) is 16.7. The second-order valence-electron chi connectivity index (χ2n) is 6.43. The molecule has 0 radical (unpaired) electrons. The Bertz CT molecular complexity index is 1010. The van der Waals surface area contributed by atoms with Gasteiger partial charge in [0, 0.05) is 28.3 Å². The van der Waals surface area contributed by atoms with E-state index in [1.807, 2.05) is 42.5 Å². The summed E-state index contributed by atoms with van der Waals surface area (Å²) in [5, 5.41) is 5.86. The Balaban J connectivity index is 1.62. The Morgan fingerprint density at radius 2 is 1.76 bits per heavy atom. The maximum atomic E-state index is 12.3. The molecule has 0 saturated heterocycles. The van der Waals surface area contributed by atoms with E-state index in [0.29, 0.717) is 22.7 Å². The Labute approximate surface area is 174 Å². The molecule has 3 aromatic rings. The molecule has 6 heteroatoms. The fourth-order valence-corrected chi connectivity index (χ4v) is 3.10. The number of carbonyl (C=O) groups is 2. The molecular formula is C23H21ClN2O3. The number of benzene rings is 3. The number of amides is 2. The van der Waals surface area contributed by atoms with Crippen molar-refractivity contribution >= 4 is 29.1 Å². The van der Waals surface area contributed by atoms with E-state index >= 15 is 0 Å². The second-order valence-corrected chi connectivity index (χ2v) is 6.87. The van der Waals surface area contributed by atoms with Crippen LogP contribution in [-0.2, 0) is 11.2 Å². The highest BCUT2D eigenvalue weighted by atomic mass is 35.5. The molecule has 0 unspecified atom stereocenters. The largest absolute Gasteiger partial charge is 0.496 e. The Morgan fingerprint density at radius 3 is 2.48 bits per heavy atom. The third kappa shape index (κ3) is 5.83. The van der Waals surface area contributed by atoms with E-state index in [2.05, 4.69) is 10.6 Å². The van der Waals surface area contributed by atoms with Gasteiger partial charge < -0.3 is 15.4 Å². The van der Waals surface area contributed by atoms with Gasteiger partial charge in [0.1, 0.15) is 5.75 Å². The van der Waals surface area contributed by atoms with Crippen molar-refractivity contribution in [2.45, 2.75) is 6.42 Å². The molecule has 3 aromatic carbocycles. The number of anilines is 1. The van der Waals surface area contributed by atoms with Gasteiger partial charge in [0.2, 0.25) is 5.91 Å². The summed E-state index contributed by atoms with van der Waals surface area (Å²) in [6.07, 6.45) is 0.680. The lowest BCUT2D eigenvalue weighted by molar-refractivity contribution is -0.115. The van der Waals surface area contributed by atoms with E-state index in [-0.39, 0.29) is 18.4 Å². The molecule has 0 saturated carbocycles. The van der Waals surface area contributed by atoms with E-state index in [9.17, 15) is 9.59 Å². The monoisotopic (exact) mass is 408 g/mol. The molecule has 0 aromatic heterocycles. The number of carbonyl (C=O) groups excluding carboxylic acids is 2. The Morgan fingerprint density at radius 1 is 0.966 bits per heavy atom. The van der Waals surface area contributed by atoms with Crippen LogP contribution in [0.15, 0.2) is 72.8 Å². The molecule has 0 atom stereocenters. The summed E-state index contributed by atoms with van der Waals surface area (Å²) in [6, 6.07) is 22.0. The summed E-state index contributed by atoms with van der Waals surface area (Å²) in [6.45, 7) is -0.147. The van der Waals surface area contributed by atoms with Crippen LogP contribution in [0, 0.1) is 0 Å². The van der Waals surface area contributed by atoms with Gasteiger partial charge in [0.25, 0.3) is 5.91 Å². The highest BCUT2D eigenvalue weighted by Crippen LogP contribution is 2.25. The summed E-state index contributed by atoms with van der Waals surface area (Å²) in [7, 11) is 1.62. The molecule has 0 aliphatic heterocycles. The number of halogens is 1. The lowest BCUT2D eigenvalue weighted by Crippen LogP contribution is -2.32. The molecule has 2 amide bonds. The maximum Gasteiger partial charge on any atom is 0.251 e. The molecule has 5 nitrogen and oxygen atoms in total. The fourth-order valence-electron chi connectivity index (χ4n) is 2.91. The van der Waals surface area contributed by atoms with Crippen LogP contribution in [0.5, 0.6) is 5.75 Å². The van der Waals surface area contributed by atoms with Crippen LogP contribution in [0.1, 0.15) is 21.5 Å². The molecule has 0 aliphatic rings. The fraction of sp³-hybridized carbons (Fsp3) is 0.130. The Kier molecular flexibility index (Phi) is 6.87. The number of hydrogen-bond donors (Lipinski definition) is 2. The van der Waals surface area contributed by atoms with Crippen LogP contribution < -0.4 is 15.4 Å². The van der Waals surface area contributed by atoms with Gasteiger partial charge in [-0.05, 0) is 42.0 Å². The van der Waals surface area contributed by atoms with Crippen molar-refractivity contribution in [3.63, 3.8) is 0 Å². The molecule has 0 heterocycles. The minimum absolute atomic E-state index is 0.147.